The number of amides is 1. The van der Waals surface area contributed by atoms with Gasteiger partial charge in [0.2, 0.25) is 5.91 Å². The molecular formula is C24H18ClF2N5O. The van der Waals surface area contributed by atoms with Gasteiger partial charge in [-0.3, -0.25) is 9.78 Å². The highest BCUT2D eigenvalue weighted by Crippen LogP contribution is 2.37. The summed E-state index contributed by atoms with van der Waals surface area (Å²) in [5, 5.41) is 1.44. The number of halogens is 3. The molecule has 1 saturated heterocycles. The van der Waals surface area contributed by atoms with Gasteiger partial charge in [0, 0.05) is 43.3 Å². The Morgan fingerprint density at radius 1 is 1.06 bits per heavy atom. The van der Waals surface area contributed by atoms with Crippen LogP contribution < -0.4 is 4.90 Å². The van der Waals surface area contributed by atoms with E-state index in [1.807, 2.05) is 4.90 Å². The Morgan fingerprint density at radius 3 is 2.61 bits per heavy atom. The fourth-order valence-electron chi connectivity index (χ4n) is 4.19. The second-order valence-electron chi connectivity index (χ2n) is 7.66. The Labute approximate surface area is 193 Å². The summed E-state index contributed by atoms with van der Waals surface area (Å²) in [6, 6.07) is 8.05. The molecule has 4 aromatic rings. The van der Waals surface area contributed by atoms with E-state index in [9.17, 15) is 9.18 Å². The van der Waals surface area contributed by atoms with Crippen molar-refractivity contribution in [1.82, 2.24) is 19.9 Å². The third kappa shape index (κ3) is 3.56. The lowest BCUT2D eigenvalue weighted by Gasteiger charge is -2.35. The largest absolute Gasteiger partial charge is 0.352 e. The summed E-state index contributed by atoms with van der Waals surface area (Å²) in [7, 11) is 0. The average molecular weight is 466 g/mol. The summed E-state index contributed by atoms with van der Waals surface area (Å²) in [6.45, 7) is 5.60. The highest BCUT2D eigenvalue weighted by molar-refractivity contribution is 6.36. The fourth-order valence-corrected chi connectivity index (χ4v) is 4.47. The molecule has 0 spiro atoms. The molecule has 0 saturated carbocycles. The molecule has 0 bridgehead atoms. The average Bonchev–Trinajstić information content (AvgIpc) is 2.85. The number of carbonyl (C=O) groups excluding carboxylic acids is 1. The molecule has 5 rings (SSSR count). The van der Waals surface area contributed by atoms with Crippen LogP contribution in [0.1, 0.15) is 0 Å². The number of hydrogen-bond donors (Lipinski definition) is 0. The summed E-state index contributed by atoms with van der Waals surface area (Å²) in [5.74, 6) is -0.795. The van der Waals surface area contributed by atoms with Crippen LogP contribution in [-0.4, -0.2) is 51.9 Å². The molecule has 166 valence electrons. The highest BCUT2D eigenvalue weighted by Gasteiger charge is 2.24. The monoisotopic (exact) mass is 465 g/mol. The van der Waals surface area contributed by atoms with Crippen molar-refractivity contribution in [3.05, 3.63) is 72.2 Å². The smallest absolute Gasteiger partial charge is 0.246 e. The van der Waals surface area contributed by atoms with E-state index >= 15 is 4.39 Å². The molecule has 0 unspecified atom stereocenters. The molecule has 0 N–H and O–H groups in total. The standard InChI is InChI=1S/C24H18ClF2N5O/c1-2-18(33)31-8-10-32(11-9-31)24-16-12-28-22(21(27)23(16)29-13-30-24)15-5-3-4-14-6-7-17(26)20(25)19(14)15/h2-7,12-13H,1,8-11H2. The molecule has 2 aromatic carbocycles. The van der Waals surface area contributed by atoms with Gasteiger partial charge < -0.3 is 9.80 Å². The number of pyridine rings is 1. The van der Waals surface area contributed by atoms with Crippen molar-refractivity contribution in [2.24, 2.45) is 0 Å². The predicted octanol–water partition coefficient (Wildman–Crippen LogP) is 4.61. The van der Waals surface area contributed by atoms with Gasteiger partial charge in [-0.05, 0) is 17.5 Å². The van der Waals surface area contributed by atoms with Crippen molar-refractivity contribution in [3.63, 3.8) is 0 Å². The van der Waals surface area contributed by atoms with Crippen molar-refractivity contribution < 1.29 is 13.6 Å². The van der Waals surface area contributed by atoms with Gasteiger partial charge in [0.15, 0.2) is 5.82 Å². The van der Waals surface area contributed by atoms with Crippen molar-refractivity contribution in [3.8, 4) is 11.3 Å². The van der Waals surface area contributed by atoms with Crippen LogP contribution >= 0.6 is 11.6 Å². The number of anilines is 1. The Morgan fingerprint density at radius 2 is 1.85 bits per heavy atom. The van der Waals surface area contributed by atoms with E-state index in [0.29, 0.717) is 53.7 Å². The second kappa shape index (κ2) is 8.37. The topological polar surface area (TPSA) is 62.2 Å². The summed E-state index contributed by atoms with van der Waals surface area (Å²) in [5.41, 5.74) is 0.527. The van der Waals surface area contributed by atoms with Gasteiger partial charge in [-0.25, -0.2) is 18.7 Å². The SMILES string of the molecule is C=CC(=O)N1CCN(c2ncnc3c(F)c(-c4cccc5ccc(F)c(Cl)c45)ncc23)CC1. The van der Waals surface area contributed by atoms with E-state index in [0.717, 1.165) is 0 Å². The molecule has 0 radical (unpaired) electrons. The molecule has 1 aliphatic heterocycles. The molecule has 0 aliphatic carbocycles. The van der Waals surface area contributed by atoms with E-state index in [2.05, 4.69) is 21.5 Å². The van der Waals surface area contributed by atoms with E-state index in [4.69, 9.17) is 11.6 Å². The lowest BCUT2D eigenvalue weighted by molar-refractivity contribution is -0.126. The quantitative estimate of drug-likeness (QED) is 0.413. The van der Waals surface area contributed by atoms with Crippen LogP contribution in [0.3, 0.4) is 0 Å². The second-order valence-corrected chi connectivity index (χ2v) is 8.04. The number of aromatic nitrogens is 3. The highest BCUT2D eigenvalue weighted by atomic mass is 35.5. The Bertz CT molecular complexity index is 1420. The summed E-state index contributed by atoms with van der Waals surface area (Å²) < 4.78 is 29.9. The number of nitrogens with zero attached hydrogens (tertiary/aromatic N) is 5. The maximum atomic E-state index is 15.7. The lowest BCUT2D eigenvalue weighted by Crippen LogP contribution is -2.48. The summed E-state index contributed by atoms with van der Waals surface area (Å²) in [6.07, 6.45) is 4.12. The first kappa shape index (κ1) is 21.2. The minimum Gasteiger partial charge on any atom is -0.352 e. The van der Waals surface area contributed by atoms with Crippen LogP contribution in [0.5, 0.6) is 0 Å². The molecule has 9 heteroatoms. The van der Waals surface area contributed by atoms with Crippen LogP contribution in [0.2, 0.25) is 5.02 Å². The third-order valence-corrected chi connectivity index (χ3v) is 6.23. The van der Waals surface area contributed by atoms with E-state index in [1.165, 1.54) is 24.7 Å². The van der Waals surface area contributed by atoms with E-state index < -0.39 is 11.6 Å². The Hall–Kier alpha value is -3.65. The lowest BCUT2D eigenvalue weighted by atomic mass is 10.0. The van der Waals surface area contributed by atoms with Gasteiger partial charge in [0.25, 0.3) is 0 Å². The molecule has 1 aliphatic rings. The zero-order chi connectivity index (χ0) is 23.1. The first-order chi connectivity index (χ1) is 16.0. The van der Waals surface area contributed by atoms with Crippen LogP contribution in [0.4, 0.5) is 14.6 Å². The van der Waals surface area contributed by atoms with Crippen LogP contribution in [0.15, 0.2) is 55.5 Å². The molecule has 2 aromatic heterocycles. The molecule has 1 amide bonds. The summed E-state index contributed by atoms with van der Waals surface area (Å²) in [4.78, 5) is 28.4. The zero-order valence-electron chi connectivity index (χ0n) is 17.4. The molecular weight excluding hydrogens is 448 g/mol. The Kier molecular flexibility index (Phi) is 5.38. The van der Waals surface area contributed by atoms with Gasteiger partial charge >= 0.3 is 0 Å². The van der Waals surface area contributed by atoms with E-state index in [1.54, 1.807) is 29.2 Å². The maximum absolute atomic E-state index is 15.7. The first-order valence-corrected chi connectivity index (χ1v) is 10.7. The minimum atomic E-state index is -0.635. The van der Waals surface area contributed by atoms with Gasteiger partial charge in [0.05, 0.1) is 10.4 Å². The van der Waals surface area contributed by atoms with Gasteiger partial charge in [0.1, 0.15) is 29.2 Å². The van der Waals surface area contributed by atoms with Crippen LogP contribution in [-0.2, 0) is 4.79 Å². The number of hydrogen-bond acceptors (Lipinski definition) is 5. The zero-order valence-corrected chi connectivity index (χ0v) is 18.2. The van der Waals surface area contributed by atoms with Gasteiger partial charge in [-0.15, -0.1) is 0 Å². The van der Waals surface area contributed by atoms with Crippen molar-refractivity contribution >= 4 is 45.0 Å². The third-order valence-electron chi connectivity index (χ3n) is 5.86. The molecule has 6 nitrogen and oxygen atoms in total. The van der Waals surface area contributed by atoms with Crippen molar-refractivity contribution in [1.29, 1.82) is 0 Å². The normalized spacial score (nSPS) is 14.2. The maximum Gasteiger partial charge on any atom is 0.246 e. The van der Waals surface area contributed by atoms with Crippen molar-refractivity contribution in [2.45, 2.75) is 0 Å². The first-order valence-electron chi connectivity index (χ1n) is 10.3. The summed E-state index contributed by atoms with van der Waals surface area (Å²) >= 11 is 6.23. The van der Waals surface area contributed by atoms with E-state index in [-0.39, 0.29) is 22.1 Å². The minimum absolute atomic E-state index is 0.0339. The molecule has 1 fully saturated rings. The number of piperazine rings is 1. The predicted molar refractivity (Wildman–Crippen MR) is 124 cm³/mol. The molecule has 0 atom stereocenters. The number of carbonyl (C=O) groups is 1. The van der Waals surface area contributed by atoms with Gasteiger partial charge in [-0.2, -0.15) is 0 Å². The van der Waals surface area contributed by atoms with Crippen LogP contribution in [0.25, 0.3) is 32.9 Å². The van der Waals surface area contributed by atoms with Crippen LogP contribution in [0, 0.1) is 11.6 Å². The number of benzene rings is 2. The number of rotatable bonds is 3. The molecule has 33 heavy (non-hydrogen) atoms. The van der Waals surface area contributed by atoms with Crippen molar-refractivity contribution in [2.75, 3.05) is 31.1 Å². The Balaban J connectivity index is 1.59. The van der Waals surface area contributed by atoms with Gasteiger partial charge in [-0.1, -0.05) is 42.4 Å². The number of fused-ring (bicyclic) bond motifs is 2. The fraction of sp³-hybridized carbons (Fsp3) is 0.167. The molecule has 3 heterocycles.